The van der Waals surface area contributed by atoms with Crippen molar-refractivity contribution in [3.05, 3.63) is 59.9 Å². The van der Waals surface area contributed by atoms with Gasteiger partial charge in [0, 0.05) is 25.8 Å². The Labute approximate surface area is 168 Å². The van der Waals surface area contributed by atoms with Gasteiger partial charge in [-0.05, 0) is 30.2 Å². The lowest BCUT2D eigenvalue weighted by molar-refractivity contribution is -0.142. The van der Waals surface area contributed by atoms with E-state index in [1.54, 1.807) is 12.1 Å². The highest BCUT2D eigenvalue weighted by atomic mass is 19.1. The molecule has 7 nitrogen and oxygen atoms in total. The Balaban J connectivity index is 1.50. The molecule has 3 rings (SSSR count). The molecule has 1 amide bonds. The maximum atomic E-state index is 14.6. The lowest BCUT2D eigenvalue weighted by Crippen LogP contribution is -2.38. The Bertz CT molecular complexity index is 862. The van der Waals surface area contributed by atoms with Crippen LogP contribution < -0.4 is 10.2 Å². The molecular formula is C21H24FN3O4. The van der Waals surface area contributed by atoms with Crippen LogP contribution in [-0.4, -0.2) is 54.8 Å². The first kappa shape index (κ1) is 20.4. The van der Waals surface area contributed by atoms with Crippen molar-refractivity contribution in [1.82, 2.24) is 4.90 Å². The van der Waals surface area contributed by atoms with Gasteiger partial charge < -0.3 is 25.0 Å². The SMILES string of the molecule is CN(C(=O)O)[C@@H]1CCN(c2ccc(NCC(=O)OCc3ccccc3)cc2F)C1. The monoisotopic (exact) mass is 401 g/mol. The summed E-state index contributed by atoms with van der Waals surface area (Å²) in [5.41, 5.74) is 1.79. The lowest BCUT2D eigenvalue weighted by atomic mass is 10.2. The van der Waals surface area contributed by atoms with Crippen molar-refractivity contribution < 1.29 is 23.8 Å². The minimum Gasteiger partial charge on any atom is -0.465 e. The fraction of sp³-hybridized carbons (Fsp3) is 0.333. The first-order chi connectivity index (χ1) is 13.9. The third kappa shape index (κ3) is 5.37. The molecule has 1 aliphatic rings. The molecule has 0 bridgehead atoms. The summed E-state index contributed by atoms with van der Waals surface area (Å²) in [6, 6.07) is 13.9. The molecule has 1 atom stereocenters. The second-order valence-electron chi connectivity index (χ2n) is 6.95. The zero-order valence-corrected chi connectivity index (χ0v) is 16.2. The third-order valence-corrected chi connectivity index (χ3v) is 4.98. The van der Waals surface area contributed by atoms with Crippen LogP contribution in [0.1, 0.15) is 12.0 Å². The molecular weight excluding hydrogens is 377 g/mol. The van der Waals surface area contributed by atoms with Crippen LogP contribution in [-0.2, 0) is 16.1 Å². The molecule has 2 aromatic carbocycles. The van der Waals surface area contributed by atoms with Crippen LogP contribution in [0.2, 0.25) is 0 Å². The molecule has 0 spiro atoms. The highest BCUT2D eigenvalue weighted by Gasteiger charge is 2.29. The van der Waals surface area contributed by atoms with Gasteiger partial charge >= 0.3 is 12.1 Å². The molecule has 2 aromatic rings. The molecule has 1 saturated heterocycles. The molecule has 8 heteroatoms. The van der Waals surface area contributed by atoms with Gasteiger partial charge in [-0.1, -0.05) is 30.3 Å². The fourth-order valence-electron chi connectivity index (χ4n) is 3.27. The number of hydrogen-bond donors (Lipinski definition) is 2. The van der Waals surface area contributed by atoms with E-state index in [2.05, 4.69) is 5.32 Å². The van der Waals surface area contributed by atoms with Gasteiger partial charge in [-0.15, -0.1) is 0 Å². The number of carboxylic acid groups (broad SMARTS) is 1. The van der Waals surface area contributed by atoms with Crippen molar-refractivity contribution in [2.24, 2.45) is 0 Å². The van der Waals surface area contributed by atoms with Gasteiger partial charge in [-0.3, -0.25) is 4.79 Å². The third-order valence-electron chi connectivity index (χ3n) is 4.98. The Hall–Kier alpha value is -3.29. The molecule has 29 heavy (non-hydrogen) atoms. The van der Waals surface area contributed by atoms with Crippen molar-refractivity contribution in [1.29, 1.82) is 0 Å². The van der Waals surface area contributed by atoms with E-state index in [0.29, 0.717) is 30.9 Å². The number of ether oxygens (including phenoxy) is 1. The summed E-state index contributed by atoms with van der Waals surface area (Å²) in [5, 5.41) is 11.9. The van der Waals surface area contributed by atoms with Crippen molar-refractivity contribution in [2.45, 2.75) is 19.1 Å². The lowest BCUT2D eigenvalue weighted by Gasteiger charge is -2.23. The fourth-order valence-corrected chi connectivity index (χ4v) is 3.27. The standard InChI is InChI=1S/C21H24FN3O4/c1-24(21(27)28)17-9-10-25(13-17)19-8-7-16(11-18(19)22)23-12-20(26)29-14-15-5-3-2-4-6-15/h2-8,11,17,23H,9-10,12-14H2,1H3,(H,27,28)/t17-/m1/s1. The van der Waals surface area contributed by atoms with Crippen molar-refractivity contribution in [3.8, 4) is 0 Å². The Morgan fingerprint density at radius 3 is 2.72 bits per heavy atom. The van der Waals surface area contributed by atoms with Crippen LogP contribution in [0.15, 0.2) is 48.5 Å². The topological polar surface area (TPSA) is 82.1 Å². The van der Waals surface area contributed by atoms with E-state index in [1.165, 1.54) is 18.0 Å². The van der Waals surface area contributed by atoms with Gasteiger partial charge in [0.05, 0.1) is 11.7 Å². The number of nitrogens with one attached hydrogen (secondary N) is 1. The average molecular weight is 401 g/mol. The van der Waals surface area contributed by atoms with Crippen LogP contribution in [0.25, 0.3) is 0 Å². The minimum atomic E-state index is -0.990. The molecule has 154 valence electrons. The van der Waals surface area contributed by atoms with E-state index in [0.717, 1.165) is 5.56 Å². The number of hydrogen-bond acceptors (Lipinski definition) is 5. The van der Waals surface area contributed by atoms with E-state index in [9.17, 15) is 14.0 Å². The second kappa shape index (κ2) is 9.27. The first-order valence-electron chi connectivity index (χ1n) is 9.37. The molecule has 1 fully saturated rings. The number of rotatable bonds is 7. The highest BCUT2D eigenvalue weighted by Crippen LogP contribution is 2.27. The Kier molecular flexibility index (Phi) is 6.54. The predicted octanol–water partition coefficient (Wildman–Crippen LogP) is 3.17. The average Bonchev–Trinajstić information content (AvgIpc) is 3.20. The van der Waals surface area contributed by atoms with Gasteiger partial charge in [-0.2, -0.15) is 0 Å². The van der Waals surface area contributed by atoms with Crippen LogP contribution in [0.3, 0.4) is 0 Å². The summed E-state index contributed by atoms with van der Waals surface area (Å²) < 4.78 is 19.7. The van der Waals surface area contributed by atoms with Gasteiger partial charge in [0.15, 0.2) is 0 Å². The number of carbonyl (C=O) groups excluding carboxylic acids is 1. The summed E-state index contributed by atoms with van der Waals surface area (Å²) in [5.74, 6) is -0.858. The van der Waals surface area contributed by atoms with Crippen LogP contribution in [0, 0.1) is 5.82 Å². The largest absolute Gasteiger partial charge is 0.465 e. The smallest absolute Gasteiger partial charge is 0.407 e. The molecule has 2 N–H and O–H groups in total. The van der Waals surface area contributed by atoms with Crippen molar-refractivity contribution in [2.75, 3.05) is 36.9 Å². The number of likely N-dealkylation sites (N-methyl/N-ethyl adjacent to an activating group) is 1. The van der Waals surface area contributed by atoms with Crippen molar-refractivity contribution in [3.63, 3.8) is 0 Å². The van der Waals surface area contributed by atoms with Crippen LogP contribution in [0.4, 0.5) is 20.6 Å². The van der Waals surface area contributed by atoms with Crippen LogP contribution in [0.5, 0.6) is 0 Å². The number of esters is 1. The molecule has 0 unspecified atom stereocenters. The number of anilines is 2. The van der Waals surface area contributed by atoms with E-state index in [1.807, 2.05) is 35.2 Å². The summed E-state index contributed by atoms with van der Waals surface area (Å²) in [7, 11) is 1.52. The first-order valence-corrected chi connectivity index (χ1v) is 9.37. The van der Waals surface area contributed by atoms with Gasteiger partial charge in [-0.25, -0.2) is 9.18 Å². The zero-order chi connectivity index (χ0) is 20.8. The summed E-state index contributed by atoms with van der Waals surface area (Å²) in [4.78, 5) is 26.0. The summed E-state index contributed by atoms with van der Waals surface area (Å²) in [6.07, 6.45) is -0.341. The molecule has 0 saturated carbocycles. The highest BCUT2D eigenvalue weighted by molar-refractivity contribution is 5.75. The van der Waals surface area contributed by atoms with E-state index < -0.39 is 17.9 Å². The summed E-state index contributed by atoms with van der Waals surface area (Å²) in [6.45, 7) is 1.15. The number of amides is 1. The molecule has 0 aliphatic carbocycles. The maximum Gasteiger partial charge on any atom is 0.407 e. The van der Waals surface area contributed by atoms with E-state index in [4.69, 9.17) is 9.84 Å². The zero-order valence-electron chi connectivity index (χ0n) is 16.2. The quantitative estimate of drug-likeness (QED) is 0.694. The molecule has 1 heterocycles. The van der Waals surface area contributed by atoms with Gasteiger partial charge in [0.2, 0.25) is 0 Å². The number of nitrogens with zero attached hydrogens (tertiary/aromatic N) is 2. The number of halogens is 1. The minimum absolute atomic E-state index is 0.0686. The molecule has 0 radical (unpaired) electrons. The summed E-state index contributed by atoms with van der Waals surface area (Å²) >= 11 is 0. The normalized spacial score (nSPS) is 15.8. The van der Waals surface area contributed by atoms with Gasteiger partial charge in [0.1, 0.15) is 19.0 Å². The molecule has 1 aliphatic heterocycles. The predicted molar refractivity (Wildman–Crippen MR) is 108 cm³/mol. The number of benzene rings is 2. The maximum absolute atomic E-state index is 14.6. The Morgan fingerprint density at radius 1 is 1.28 bits per heavy atom. The van der Waals surface area contributed by atoms with E-state index in [-0.39, 0.29) is 19.2 Å². The van der Waals surface area contributed by atoms with Crippen LogP contribution >= 0.6 is 0 Å². The second-order valence-corrected chi connectivity index (χ2v) is 6.95. The van der Waals surface area contributed by atoms with Crippen molar-refractivity contribution >= 4 is 23.4 Å². The Morgan fingerprint density at radius 2 is 2.03 bits per heavy atom. The number of carbonyl (C=O) groups is 2. The van der Waals surface area contributed by atoms with E-state index >= 15 is 0 Å². The van der Waals surface area contributed by atoms with Gasteiger partial charge in [0.25, 0.3) is 0 Å². The molecule has 0 aromatic heterocycles.